The van der Waals surface area contributed by atoms with Gasteiger partial charge in [0.05, 0.1) is 31.6 Å². The average Bonchev–Trinajstić information content (AvgIpc) is 3.06. The van der Waals surface area contributed by atoms with Crippen LogP contribution in [0.5, 0.6) is 0 Å². The van der Waals surface area contributed by atoms with Gasteiger partial charge in [0, 0.05) is 16.6 Å². The van der Waals surface area contributed by atoms with Crippen molar-refractivity contribution in [3.63, 3.8) is 0 Å². The second kappa shape index (κ2) is 11.3. The molecule has 1 N–H and O–H groups in total. The van der Waals surface area contributed by atoms with E-state index >= 15 is 0 Å². The van der Waals surface area contributed by atoms with Gasteiger partial charge >= 0.3 is 0 Å². The Bertz CT molecular complexity index is 1270. The summed E-state index contributed by atoms with van der Waals surface area (Å²) in [7, 11) is -7.41. The first kappa shape index (κ1) is 27.5. The summed E-state index contributed by atoms with van der Waals surface area (Å²) in [6.07, 6.45) is 3.16. The van der Waals surface area contributed by atoms with Crippen molar-refractivity contribution in [2.24, 2.45) is 11.8 Å². The van der Waals surface area contributed by atoms with Gasteiger partial charge in [-0.3, -0.25) is 13.2 Å². The smallest absolute Gasteiger partial charge is 0.264 e. The van der Waals surface area contributed by atoms with Crippen LogP contribution in [0, 0.1) is 17.7 Å². The first-order valence-electron chi connectivity index (χ1n) is 10.9. The summed E-state index contributed by atoms with van der Waals surface area (Å²) < 4.78 is 69.3. The molecule has 2 unspecified atom stereocenters. The van der Waals surface area contributed by atoms with Crippen LogP contribution in [0.4, 0.5) is 4.39 Å². The van der Waals surface area contributed by atoms with E-state index in [2.05, 4.69) is 5.32 Å². The number of carbonyl (C=O) groups excluding carboxylic acids is 1. The minimum atomic E-state index is -3.75. The van der Waals surface area contributed by atoms with Crippen molar-refractivity contribution in [3.05, 3.63) is 58.9 Å². The zero-order valence-electron chi connectivity index (χ0n) is 19.2. The van der Waals surface area contributed by atoms with E-state index in [4.69, 9.17) is 20.0 Å². The molecule has 3 rings (SSSR count). The van der Waals surface area contributed by atoms with Crippen LogP contribution in [0.15, 0.2) is 42.5 Å². The van der Waals surface area contributed by atoms with Crippen molar-refractivity contribution in [1.29, 1.82) is 0 Å². The fourth-order valence-electron chi connectivity index (χ4n) is 4.18. The predicted molar refractivity (Wildman–Crippen MR) is 130 cm³/mol. The molecule has 0 spiro atoms. The summed E-state index contributed by atoms with van der Waals surface area (Å²) in [6, 6.07) is 11.3. The Hall–Kier alpha value is -2.05. The molecule has 0 aromatic heterocycles. The Kier molecular flexibility index (Phi) is 8.92. The number of carbonyl (C=O) groups is 1. The van der Waals surface area contributed by atoms with E-state index in [0.717, 1.165) is 18.1 Å². The Balaban J connectivity index is 1.69. The zero-order valence-corrected chi connectivity index (χ0v) is 21.6. The molecule has 2 aromatic rings. The molecule has 1 saturated heterocycles. The van der Waals surface area contributed by atoms with E-state index in [1.807, 2.05) is 12.1 Å². The molecule has 8 nitrogen and oxygen atoms in total. The molecule has 1 heterocycles. The fraction of sp³-hybridized carbons (Fsp3) is 0.435. The lowest BCUT2D eigenvalue weighted by atomic mass is 9.85. The highest BCUT2D eigenvalue weighted by molar-refractivity contribution is 7.86. The lowest BCUT2D eigenvalue weighted by Crippen LogP contribution is -2.30. The lowest BCUT2D eigenvalue weighted by molar-refractivity contribution is -0.123. The minimum Gasteiger partial charge on any atom is -0.353 e. The van der Waals surface area contributed by atoms with E-state index in [9.17, 15) is 26.0 Å². The van der Waals surface area contributed by atoms with Crippen LogP contribution in [0.2, 0.25) is 5.02 Å². The number of benzene rings is 2. The van der Waals surface area contributed by atoms with Crippen LogP contribution < -0.4 is 5.32 Å². The number of rotatable bonds is 11. The second-order valence-electron chi connectivity index (χ2n) is 8.55. The number of aryl methyl sites for hydroxylation is 1. The number of halogens is 2. The molecule has 1 aliphatic rings. The molecule has 35 heavy (non-hydrogen) atoms. The van der Waals surface area contributed by atoms with Gasteiger partial charge in [0.2, 0.25) is 5.91 Å². The number of hydrogen-bond donors (Lipinski definition) is 1. The van der Waals surface area contributed by atoms with Crippen molar-refractivity contribution >= 4 is 37.7 Å². The molecule has 1 amide bonds. The Labute approximate surface area is 210 Å². The monoisotopic (exact) mass is 547 g/mol. The van der Waals surface area contributed by atoms with Gasteiger partial charge in [-0.15, -0.1) is 0 Å². The summed E-state index contributed by atoms with van der Waals surface area (Å²) >= 11 is 5.98. The largest absolute Gasteiger partial charge is 0.353 e. The van der Waals surface area contributed by atoms with Gasteiger partial charge < -0.3 is 5.32 Å². The fourth-order valence-corrected chi connectivity index (χ4v) is 5.15. The molecule has 0 saturated carbocycles. The summed E-state index contributed by atoms with van der Waals surface area (Å²) in [5.74, 6) is -1.87. The van der Waals surface area contributed by atoms with E-state index in [-0.39, 0.29) is 43.3 Å². The molecule has 1 aliphatic heterocycles. The molecule has 12 heteroatoms. The van der Waals surface area contributed by atoms with Crippen LogP contribution >= 0.6 is 11.6 Å². The summed E-state index contributed by atoms with van der Waals surface area (Å²) in [5.41, 5.74) is 2.02. The van der Waals surface area contributed by atoms with Gasteiger partial charge in [-0.05, 0) is 54.5 Å². The minimum absolute atomic E-state index is 0.135. The zero-order chi connectivity index (χ0) is 25.8. The van der Waals surface area contributed by atoms with Crippen LogP contribution in [-0.4, -0.2) is 54.5 Å². The normalized spacial score (nSPS) is 20.7. The Morgan fingerprint density at radius 2 is 1.63 bits per heavy atom. The standard InChI is InChI=1S/C23H27ClFNO7S2/c1-34(28,29)32-12-11-18-20(14-33-35(2,30)31)23(27)26-22(18)10-5-15-3-6-16(7-4-15)19-13-17(24)8-9-21(19)25/h3-4,6-9,13,18,20,22H,5,10-12,14H2,1-2H3,(H,26,27)/t18?,20?,22-/m1/s1. The maximum atomic E-state index is 14.1. The van der Waals surface area contributed by atoms with Gasteiger partial charge in [-0.1, -0.05) is 35.9 Å². The first-order valence-corrected chi connectivity index (χ1v) is 14.9. The number of hydrogen-bond acceptors (Lipinski definition) is 7. The van der Waals surface area contributed by atoms with Crippen LogP contribution in [0.3, 0.4) is 0 Å². The van der Waals surface area contributed by atoms with Gasteiger partial charge in [0.15, 0.2) is 0 Å². The molecule has 192 valence electrons. The third-order valence-electron chi connectivity index (χ3n) is 5.85. The van der Waals surface area contributed by atoms with Gasteiger partial charge in [-0.25, -0.2) is 4.39 Å². The van der Waals surface area contributed by atoms with Crippen molar-refractivity contribution < 1.29 is 34.4 Å². The highest BCUT2D eigenvalue weighted by atomic mass is 35.5. The SMILES string of the molecule is CS(=O)(=O)OCCC1C(COS(C)(=O)=O)C(=O)N[C@@H]1CCc1ccc(-c2cc(Cl)ccc2F)cc1. The van der Waals surface area contributed by atoms with Gasteiger partial charge in [0.1, 0.15) is 5.82 Å². The molecule has 0 radical (unpaired) electrons. The molecule has 0 aliphatic carbocycles. The maximum Gasteiger partial charge on any atom is 0.264 e. The molecule has 0 bridgehead atoms. The van der Waals surface area contributed by atoms with Gasteiger partial charge in [0.25, 0.3) is 20.2 Å². The number of nitrogens with one attached hydrogen (secondary N) is 1. The van der Waals surface area contributed by atoms with Crippen LogP contribution in [0.1, 0.15) is 18.4 Å². The van der Waals surface area contributed by atoms with Gasteiger partial charge in [-0.2, -0.15) is 16.8 Å². The molecule has 2 aromatic carbocycles. The molecule has 1 fully saturated rings. The lowest BCUT2D eigenvalue weighted by Gasteiger charge is -2.22. The van der Waals surface area contributed by atoms with Crippen molar-refractivity contribution in [3.8, 4) is 11.1 Å². The highest BCUT2D eigenvalue weighted by Gasteiger charge is 2.42. The van der Waals surface area contributed by atoms with E-state index in [1.54, 1.807) is 18.2 Å². The third-order valence-corrected chi connectivity index (χ3v) is 7.24. The predicted octanol–water partition coefficient (Wildman–Crippen LogP) is 3.15. The van der Waals surface area contributed by atoms with E-state index in [0.29, 0.717) is 29.0 Å². The second-order valence-corrected chi connectivity index (χ2v) is 12.3. The molecular formula is C23H27ClFNO7S2. The van der Waals surface area contributed by atoms with Crippen molar-refractivity contribution in [1.82, 2.24) is 5.32 Å². The summed E-state index contributed by atoms with van der Waals surface area (Å²) in [6.45, 7) is -0.463. The maximum absolute atomic E-state index is 14.1. The Morgan fingerprint density at radius 3 is 2.26 bits per heavy atom. The molecule has 3 atom stereocenters. The first-order chi connectivity index (χ1) is 16.3. The van der Waals surface area contributed by atoms with E-state index < -0.39 is 26.2 Å². The molecular weight excluding hydrogens is 521 g/mol. The third kappa shape index (κ3) is 8.25. The van der Waals surface area contributed by atoms with Crippen LogP contribution in [-0.2, 0) is 39.8 Å². The average molecular weight is 548 g/mol. The van der Waals surface area contributed by atoms with E-state index in [1.165, 1.54) is 12.1 Å². The van der Waals surface area contributed by atoms with Crippen molar-refractivity contribution in [2.75, 3.05) is 25.7 Å². The quantitative estimate of drug-likeness (QED) is 0.430. The Morgan fingerprint density at radius 1 is 0.971 bits per heavy atom. The van der Waals surface area contributed by atoms with Crippen molar-refractivity contribution in [2.45, 2.75) is 25.3 Å². The number of amides is 1. The van der Waals surface area contributed by atoms with Crippen LogP contribution in [0.25, 0.3) is 11.1 Å². The highest BCUT2D eigenvalue weighted by Crippen LogP contribution is 2.31. The summed E-state index contributed by atoms with van der Waals surface area (Å²) in [4.78, 5) is 12.6. The summed E-state index contributed by atoms with van der Waals surface area (Å²) in [5, 5.41) is 3.31. The topological polar surface area (TPSA) is 116 Å².